The Morgan fingerprint density at radius 1 is 0.405 bits per heavy atom. The fourth-order valence-electron chi connectivity index (χ4n) is 11.3. The molecular weight excluding hydrogens is 1200 g/mol. The van der Waals surface area contributed by atoms with Crippen molar-refractivity contribution in [1.82, 2.24) is 14.1 Å². The summed E-state index contributed by atoms with van der Waals surface area (Å²) in [5.74, 6) is 1.99. The number of hydrogen-bond donors (Lipinski definition) is 0. The third-order valence-corrected chi connectivity index (χ3v) is 16.5. The van der Waals surface area contributed by atoms with E-state index in [2.05, 4.69) is 308 Å². The van der Waals surface area contributed by atoms with Gasteiger partial charge in [0.05, 0.1) is 16.7 Å². The minimum atomic E-state index is -0.0855. The van der Waals surface area contributed by atoms with Crippen LogP contribution in [0, 0.1) is 18.5 Å². The first-order valence-electron chi connectivity index (χ1n) is 29.6. The average molecular weight is 1290 g/mol. The van der Waals surface area contributed by atoms with Crippen LogP contribution >= 0.6 is 0 Å². The van der Waals surface area contributed by atoms with Crippen molar-refractivity contribution < 1.29 is 30.4 Å². The molecule has 5 nitrogen and oxygen atoms in total. The van der Waals surface area contributed by atoms with Crippen LogP contribution in [0.5, 0.6) is 11.5 Å². The van der Waals surface area contributed by atoms with Gasteiger partial charge in [0, 0.05) is 44.3 Å². The van der Waals surface area contributed by atoms with Gasteiger partial charge in [-0.05, 0) is 135 Å². The summed E-state index contributed by atoms with van der Waals surface area (Å²) in [6.07, 6.45) is 5.94. The molecule has 0 aliphatic carbocycles. The third-order valence-electron chi connectivity index (χ3n) is 16.5. The van der Waals surface area contributed by atoms with Crippen LogP contribution in [-0.2, 0) is 53.6 Å². The first kappa shape index (κ1) is 59.8. The molecule has 0 saturated heterocycles. The minimum absolute atomic E-state index is 0. The Morgan fingerprint density at radius 3 is 1.56 bits per heavy atom. The molecule has 11 rings (SSSR count). The van der Waals surface area contributed by atoms with Crippen LogP contribution in [0.15, 0.2) is 170 Å². The fourth-order valence-corrected chi connectivity index (χ4v) is 11.3. The Morgan fingerprint density at radius 2 is 0.940 bits per heavy atom. The van der Waals surface area contributed by atoms with E-state index in [1.165, 1.54) is 44.5 Å². The normalized spacial score (nSPS) is 12.8. The summed E-state index contributed by atoms with van der Waals surface area (Å²) in [6, 6.07) is 67.8. The van der Waals surface area contributed by atoms with Crippen molar-refractivity contribution in [3.8, 4) is 62.1 Å². The van der Waals surface area contributed by atoms with Crippen molar-refractivity contribution in [2.24, 2.45) is 0 Å². The van der Waals surface area contributed by atoms with E-state index in [-0.39, 0.29) is 53.6 Å². The van der Waals surface area contributed by atoms with Crippen molar-refractivity contribution in [2.45, 2.75) is 157 Å². The quantitative estimate of drug-likeness (QED) is 0.112. The number of benzene rings is 8. The van der Waals surface area contributed by atoms with E-state index >= 15 is 0 Å². The molecule has 0 N–H and O–H groups in total. The van der Waals surface area contributed by atoms with Crippen molar-refractivity contribution in [3.63, 3.8) is 0 Å². The van der Waals surface area contributed by atoms with E-state index in [1.54, 1.807) is 0 Å². The van der Waals surface area contributed by atoms with Gasteiger partial charge in [-0.3, -0.25) is 4.57 Å². The Bertz CT molecular complexity index is 4230. The summed E-state index contributed by atoms with van der Waals surface area (Å²) in [7, 11) is 0. The molecule has 11 aromatic rings. The second-order valence-electron chi connectivity index (χ2n) is 29.2. The molecule has 0 aliphatic heterocycles. The molecule has 0 unspecified atom stereocenters. The first-order chi connectivity index (χ1) is 38.9. The van der Waals surface area contributed by atoms with Gasteiger partial charge in [-0.25, -0.2) is 4.98 Å². The summed E-state index contributed by atoms with van der Waals surface area (Å²) >= 11 is 0. The first-order valence-corrected chi connectivity index (χ1v) is 29.6. The molecule has 6 heteroatoms. The minimum Gasteiger partial charge on any atom is -0.510 e. The monoisotopic (exact) mass is 1290 g/mol. The predicted octanol–water partition coefficient (Wildman–Crippen LogP) is 20.4. The van der Waals surface area contributed by atoms with Crippen LogP contribution in [0.1, 0.15) is 158 Å². The van der Waals surface area contributed by atoms with E-state index in [4.69, 9.17) is 9.72 Å². The molecule has 0 spiro atoms. The van der Waals surface area contributed by atoms with E-state index in [0.29, 0.717) is 11.5 Å². The van der Waals surface area contributed by atoms with E-state index in [1.807, 2.05) is 18.3 Å². The number of ether oxygens (including phenoxy) is 1. The maximum absolute atomic E-state index is 6.89. The number of rotatable bonds is 8. The van der Waals surface area contributed by atoms with Gasteiger partial charge >= 0.3 is 0 Å². The second kappa shape index (κ2) is 21.6. The number of fused-ring (bicyclic) bond motifs is 4. The number of nitrogens with zero attached hydrogens (tertiary/aromatic N) is 4. The van der Waals surface area contributed by atoms with E-state index < -0.39 is 0 Å². The van der Waals surface area contributed by atoms with Crippen LogP contribution in [0.3, 0.4) is 0 Å². The summed E-state index contributed by atoms with van der Waals surface area (Å²) in [4.78, 5) is 4.93. The van der Waals surface area contributed by atoms with Crippen LogP contribution in [0.2, 0.25) is 0 Å². The maximum Gasteiger partial charge on any atom is 0.268 e. The molecule has 8 aromatic carbocycles. The summed E-state index contributed by atoms with van der Waals surface area (Å²) in [6.45, 7) is 41.3. The molecule has 0 aliphatic rings. The van der Waals surface area contributed by atoms with Crippen LogP contribution in [0.4, 0.5) is 0 Å². The number of para-hydroxylation sites is 2. The topological polar surface area (TPSA) is 35.9 Å². The van der Waals surface area contributed by atoms with Crippen LogP contribution in [-0.4, -0.2) is 14.1 Å². The van der Waals surface area contributed by atoms with Gasteiger partial charge in [-0.15, -0.1) is 29.7 Å². The molecule has 432 valence electrons. The maximum atomic E-state index is 6.89. The zero-order chi connectivity index (χ0) is 59.3. The summed E-state index contributed by atoms with van der Waals surface area (Å²) in [5, 5.41) is 2.21. The summed E-state index contributed by atoms with van der Waals surface area (Å²) < 4.78 is 13.6. The van der Waals surface area contributed by atoms with Gasteiger partial charge in [0.2, 0.25) is 0 Å². The Kier molecular flexibility index (Phi) is 15.4. The van der Waals surface area contributed by atoms with Crippen molar-refractivity contribution in [2.75, 3.05) is 0 Å². The molecule has 0 bridgehead atoms. The standard InChI is InChI=1S/C78H82N4O.Pt/c1-73(2,3)54-25-21-24-51(38-54)63-29-23-30-64(53-41-58(77(13,14)15)45-59(42-53)78(16,17)18)72(63)81-49-80(70-43-50(32-35-68(70)81)52-39-56(75(7,8)9)44-57(40-52)76(10,11)12)60-26-22-27-61(47-60)83-62-33-34-66-65-28-19-20-31-67(65)82(69(66)48-62)71-46-55(36-37-79-71)74(4,5)6;/h19-46H,1-18H3;/q-2;. The molecule has 3 heterocycles. The Labute approximate surface area is 515 Å². The molecule has 0 saturated carbocycles. The SMILES string of the molecule is CC(C)(C)c1cccc(-c2cccc(-c3cc(C(C)(C)C)cc(C(C)(C)C)c3)c2-[n+]2[c-]n(-c3[c-]c(Oc4[c-]c5c(cc4)c4ccccc4n5-c4cc(C(C)(C)C)ccn4)ccc3)c3cc(-c4cc(C(C)(C)C)cc(C(C)(C)C)c4)ccc32)c1.[Pt]. The summed E-state index contributed by atoms with van der Waals surface area (Å²) in [5.41, 5.74) is 20.0. The van der Waals surface area contributed by atoms with Crippen molar-refractivity contribution >= 4 is 32.8 Å². The van der Waals surface area contributed by atoms with Crippen LogP contribution in [0.25, 0.3) is 83.4 Å². The molecule has 0 amide bonds. The van der Waals surface area contributed by atoms with Gasteiger partial charge in [-0.1, -0.05) is 239 Å². The van der Waals surface area contributed by atoms with Gasteiger partial charge in [-0.2, -0.15) is 18.2 Å². The number of imidazole rings is 1. The number of pyridine rings is 1. The molecule has 0 fully saturated rings. The molecule has 0 atom stereocenters. The molecule has 3 aromatic heterocycles. The Balaban J connectivity index is 0.00000786. The van der Waals surface area contributed by atoms with Gasteiger partial charge in [0.15, 0.2) is 0 Å². The Hall–Kier alpha value is -7.33. The van der Waals surface area contributed by atoms with Gasteiger partial charge in [0.1, 0.15) is 5.82 Å². The fraction of sp³-hybridized carbons (Fsp3) is 0.308. The molecular formula is C78H82N4OPt-2. The largest absolute Gasteiger partial charge is 0.510 e. The predicted molar refractivity (Wildman–Crippen MR) is 348 cm³/mol. The smallest absolute Gasteiger partial charge is 0.268 e. The van der Waals surface area contributed by atoms with Gasteiger partial charge in [0.25, 0.3) is 6.33 Å². The van der Waals surface area contributed by atoms with Gasteiger partial charge < -0.3 is 13.9 Å². The zero-order valence-electron chi connectivity index (χ0n) is 52.7. The third kappa shape index (κ3) is 11.8. The number of hydrogen-bond acceptors (Lipinski definition) is 2. The number of aromatic nitrogens is 4. The van der Waals surface area contributed by atoms with Crippen molar-refractivity contribution in [3.05, 3.63) is 222 Å². The zero-order valence-corrected chi connectivity index (χ0v) is 55.0. The average Bonchev–Trinajstić information content (AvgIpc) is 2.05. The van der Waals surface area contributed by atoms with Crippen LogP contribution < -0.4 is 9.30 Å². The molecule has 84 heavy (non-hydrogen) atoms. The van der Waals surface area contributed by atoms with E-state index in [0.717, 1.165) is 72.3 Å². The van der Waals surface area contributed by atoms with E-state index in [9.17, 15) is 0 Å². The van der Waals surface area contributed by atoms with Crippen molar-refractivity contribution in [1.29, 1.82) is 0 Å². The second-order valence-corrected chi connectivity index (χ2v) is 29.2. The molecule has 0 radical (unpaired) electrons.